The van der Waals surface area contributed by atoms with E-state index in [1.807, 2.05) is 0 Å². The number of nitrogens with zero attached hydrogens (tertiary/aromatic N) is 8. The number of nitrogens with one attached hydrogen (secondary N) is 5. The Hall–Kier alpha value is -7.52. The van der Waals surface area contributed by atoms with Crippen molar-refractivity contribution in [1.82, 2.24) is 43.1 Å². The molecule has 0 saturated carbocycles. The number of carbonyl (C=O) groups is 7. The Morgan fingerprint density at radius 1 is 0.644 bits per heavy atom. The summed E-state index contributed by atoms with van der Waals surface area (Å²) in [5, 5.41) is 13.2. The summed E-state index contributed by atoms with van der Waals surface area (Å²) in [6.07, 6.45) is 8.75. The van der Waals surface area contributed by atoms with E-state index in [0.717, 1.165) is 0 Å². The summed E-state index contributed by atoms with van der Waals surface area (Å²) >= 11 is 0. The number of imidazole rings is 3. The Morgan fingerprint density at radius 2 is 1.20 bits per heavy atom. The molecule has 5 aromatic rings. The Labute approximate surface area is 337 Å². The molecule has 312 valence electrons. The molecule has 0 unspecified atom stereocenters. The summed E-state index contributed by atoms with van der Waals surface area (Å²) in [6.45, 7) is 4.93. The zero-order valence-corrected chi connectivity index (χ0v) is 33.7. The van der Waals surface area contributed by atoms with Crippen LogP contribution in [0.1, 0.15) is 86.4 Å². The maximum Gasteiger partial charge on any atom is 0.374 e. The number of rotatable bonds is 16. The molecule has 0 spiro atoms. The molecule has 22 heteroatoms. The smallest absolute Gasteiger partial charge is 0.374 e. The Kier molecular flexibility index (Phi) is 12.8. The predicted octanol–water partition coefficient (Wildman–Crippen LogP) is 1.97. The first-order valence-electron chi connectivity index (χ1n) is 18.1. The third-order valence-corrected chi connectivity index (χ3v) is 8.53. The molecule has 0 saturated heterocycles. The quantitative estimate of drug-likeness (QED) is 0.0896. The third-order valence-electron chi connectivity index (χ3n) is 8.53. The molecule has 5 rings (SSSR count). The predicted molar refractivity (Wildman–Crippen MR) is 211 cm³/mol. The molecular weight excluding hydrogens is 770 g/mol. The van der Waals surface area contributed by atoms with E-state index in [4.69, 9.17) is 9.47 Å². The van der Waals surface area contributed by atoms with Gasteiger partial charge in [0.25, 0.3) is 17.7 Å². The van der Waals surface area contributed by atoms with Crippen molar-refractivity contribution in [3.63, 3.8) is 0 Å². The number of ether oxygens (including phenoxy) is 2. The molecule has 59 heavy (non-hydrogen) atoms. The van der Waals surface area contributed by atoms with Crippen molar-refractivity contribution < 1.29 is 43.0 Å². The normalized spacial score (nSPS) is 11.1. The van der Waals surface area contributed by atoms with Gasteiger partial charge >= 0.3 is 11.9 Å². The van der Waals surface area contributed by atoms with Gasteiger partial charge < -0.3 is 58.9 Å². The molecule has 0 aliphatic rings. The van der Waals surface area contributed by atoms with Crippen molar-refractivity contribution in [1.29, 1.82) is 0 Å². The summed E-state index contributed by atoms with van der Waals surface area (Å²) in [4.78, 5) is 101. The maximum absolute atomic E-state index is 13.2. The van der Waals surface area contributed by atoms with E-state index in [2.05, 4.69) is 41.5 Å². The van der Waals surface area contributed by atoms with E-state index in [0.29, 0.717) is 5.69 Å². The van der Waals surface area contributed by atoms with E-state index in [9.17, 15) is 33.6 Å². The molecule has 0 bridgehead atoms. The van der Waals surface area contributed by atoms with E-state index < -0.39 is 47.1 Å². The monoisotopic (exact) mass is 815 g/mol. The standard InChI is InChI=1S/C37H45N13O9/c1-9-58-36(57)31-45-26(20-50(31)8)43-28(52)16-37(2,3)59-35(56)24-15-22(18-48(24)6)41-34(55)30-44-25(19-49(30)7)42-27(51)10-11-39-32(53)23-14-21(17-47(23)5)40-33(54)29-38-12-13-46(29)4/h12-15,17-20H,9-11,16H2,1-8H3,(H,39,53)(H,40,54)(H,41,55)(H,42,51)(H,43,52). The van der Waals surface area contributed by atoms with Gasteiger partial charge in [0.15, 0.2) is 17.5 Å². The van der Waals surface area contributed by atoms with Crippen molar-refractivity contribution >= 4 is 64.5 Å². The second kappa shape index (κ2) is 17.7. The Balaban J connectivity index is 1.09. The van der Waals surface area contributed by atoms with Crippen molar-refractivity contribution in [2.24, 2.45) is 35.2 Å². The van der Waals surface area contributed by atoms with Crippen LogP contribution >= 0.6 is 0 Å². The average molecular weight is 816 g/mol. The summed E-state index contributed by atoms with van der Waals surface area (Å²) in [5.74, 6) is -3.55. The number of esters is 2. The van der Waals surface area contributed by atoms with Crippen molar-refractivity contribution in [2.45, 2.75) is 39.2 Å². The molecule has 0 aromatic carbocycles. The highest BCUT2D eigenvalue weighted by molar-refractivity contribution is 6.04. The van der Waals surface area contributed by atoms with Crippen LogP contribution in [0, 0.1) is 0 Å². The fourth-order valence-electron chi connectivity index (χ4n) is 5.80. The number of hydrogen-bond donors (Lipinski definition) is 5. The zero-order chi connectivity index (χ0) is 43.2. The van der Waals surface area contributed by atoms with Gasteiger partial charge in [0.2, 0.25) is 23.5 Å². The minimum Gasteiger partial charge on any atom is -0.460 e. The van der Waals surface area contributed by atoms with Gasteiger partial charge in [0.1, 0.15) is 17.0 Å². The molecule has 5 aromatic heterocycles. The van der Waals surface area contributed by atoms with Gasteiger partial charge in [-0.05, 0) is 32.9 Å². The van der Waals surface area contributed by atoms with Crippen LogP contribution in [0.5, 0.6) is 0 Å². The molecule has 0 fully saturated rings. The minimum atomic E-state index is -1.26. The maximum atomic E-state index is 13.2. The highest BCUT2D eigenvalue weighted by Crippen LogP contribution is 2.22. The number of aryl methyl sites for hydroxylation is 5. The van der Waals surface area contributed by atoms with E-state index in [1.165, 1.54) is 55.2 Å². The number of carbonyl (C=O) groups excluding carboxylic acids is 7. The van der Waals surface area contributed by atoms with Crippen molar-refractivity contribution in [3.05, 3.63) is 78.2 Å². The molecule has 0 atom stereocenters. The number of aromatic nitrogens is 8. The average Bonchev–Trinajstić information content (AvgIpc) is 3.97. The SMILES string of the molecule is CCOC(=O)c1nc(NC(=O)CC(C)(C)OC(=O)c2cc(NC(=O)c3nc(NC(=O)CCNC(=O)c4cc(NC(=O)c5nccn5C)cn4C)cn3C)cn2C)cn1C. The van der Waals surface area contributed by atoms with Crippen LogP contribution in [0.4, 0.5) is 23.0 Å². The lowest BCUT2D eigenvalue weighted by molar-refractivity contribution is -0.120. The zero-order valence-electron chi connectivity index (χ0n) is 33.7. The molecule has 0 aliphatic heterocycles. The number of anilines is 4. The molecule has 5 heterocycles. The summed E-state index contributed by atoms with van der Waals surface area (Å²) in [5.41, 5.74) is -0.290. The molecule has 0 radical (unpaired) electrons. The number of hydrogen-bond acceptors (Lipinski definition) is 12. The lowest BCUT2D eigenvalue weighted by Crippen LogP contribution is -2.33. The van der Waals surface area contributed by atoms with E-state index in [-0.39, 0.29) is 72.2 Å². The van der Waals surface area contributed by atoms with E-state index >= 15 is 0 Å². The first-order chi connectivity index (χ1) is 27.8. The van der Waals surface area contributed by atoms with E-state index in [1.54, 1.807) is 73.0 Å². The third kappa shape index (κ3) is 10.7. The van der Waals surface area contributed by atoms with Gasteiger partial charge in [-0.15, -0.1) is 0 Å². The van der Waals surface area contributed by atoms with Crippen LogP contribution in [0.15, 0.2) is 49.3 Å². The molecular formula is C37H45N13O9. The highest BCUT2D eigenvalue weighted by Gasteiger charge is 2.29. The van der Waals surface area contributed by atoms with Crippen LogP contribution in [-0.4, -0.2) is 98.0 Å². The summed E-state index contributed by atoms with van der Waals surface area (Å²) < 4.78 is 18.0. The number of amides is 5. The molecule has 5 amide bonds. The largest absolute Gasteiger partial charge is 0.460 e. The lowest BCUT2D eigenvalue weighted by Gasteiger charge is -2.24. The van der Waals surface area contributed by atoms with Crippen LogP contribution in [0.3, 0.4) is 0 Å². The van der Waals surface area contributed by atoms with Gasteiger partial charge in [0.05, 0.1) is 24.4 Å². The topological polar surface area (TPSA) is 261 Å². The Morgan fingerprint density at radius 3 is 1.81 bits per heavy atom. The first kappa shape index (κ1) is 42.6. The van der Waals surface area contributed by atoms with Crippen LogP contribution in [0.2, 0.25) is 0 Å². The van der Waals surface area contributed by atoms with Gasteiger partial charge in [-0.2, -0.15) is 0 Å². The second-order valence-electron chi connectivity index (χ2n) is 14.0. The van der Waals surface area contributed by atoms with Gasteiger partial charge in [0, 0.05) is 85.4 Å². The van der Waals surface area contributed by atoms with Gasteiger partial charge in [-0.25, -0.2) is 24.5 Å². The highest BCUT2D eigenvalue weighted by atomic mass is 16.6. The van der Waals surface area contributed by atoms with Crippen molar-refractivity contribution in [2.75, 3.05) is 34.4 Å². The van der Waals surface area contributed by atoms with Crippen LogP contribution in [-0.2, 0) is 54.3 Å². The molecule has 0 aliphatic carbocycles. The van der Waals surface area contributed by atoms with Crippen LogP contribution < -0.4 is 26.6 Å². The fourth-order valence-corrected chi connectivity index (χ4v) is 5.80. The lowest BCUT2D eigenvalue weighted by atomic mass is 10.0. The Bertz CT molecular complexity index is 2430. The fraction of sp³-hybridized carbons (Fsp3) is 0.351. The summed E-state index contributed by atoms with van der Waals surface area (Å²) in [6, 6.07) is 2.90. The molecule has 22 nitrogen and oxygen atoms in total. The van der Waals surface area contributed by atoms with Gasteiger partial charge in [-0.1, -0.05) is 0 Å². The summed E-state index contributed by atoms with van der Waals surface area (Å²) in [7, 11) is 8.04. The minimum absolute atomic E-state index is 0.0111. The second-order valence-corrected chi connectivity index (χ2v) is 14.0. The first-order valence-corrected chi connectivity index (χ1v) is 18.1. The molecule has 5 N–H and O–H groups in total. The van der Waals surface area contributed by atoms with Crippen molar-refractivity contribution in [3.8, 4) is 0 Å². The van der Waals surface area contributed by atoms with Gasteiger partial charge in [-0.3, -0.25) is 24.0 Å². The van der Waals surface area contributed by atoms with Crippen LogP contribution in [0.25, 0.3) is 0 Å².